The molecule has 1 aliphatic rings. The molecule has 0 fully saturated rings. The summed E-state index contributed by atoms with van der Waals surface area (Å²) in [5.41, 5.74) is 8.55. The molecule has 0 saturated heterocycles. The largest absolute Gasteiger partial charge is 0.491 e. The number of methoxy groups -OCH3 is 1. The number of imidazole rings is 1. The lowest BCUT2D eigenvalue weighted by molar-refractivity contribution is -0.137. The van der Waals surface area contributed by atoms with Crippen LogP contribution in [0, 0.1) is 0 Å². The van der Waals surface area contributed by atoms with Crippen molar-refractivity contribution in [2.45, 2.75) is 18.8 Å². The fraction of sp³-hybridized carbons (Fsp3) is 0.261. The van der Waals surface area contributed by atoms with Gasteiger partial charge in [0.15, 0.2) is 0 Å². The van der Waals surface area contributed by atoms with Crippen molar-refractivity contribution in [2.24, 2.45) is 0 Å². The standard InChI is InChI=1S/C23H20F3N5O3/c1-30(19-10-34-20-6-13(23(24,25)26)3-4-14(19)20)22(32)15-7-17-16(5-12(15)9-33-2)29-21(27)18-8-28-11-31(17)18/h3-8,11,19H,9-10H2,1-2H3,(H2,27,29). The number of rotatable bonds is 4. The van der Waals surface area contributed by atoms with Crippen LogP contribution >= 0.6 is 0 Å². The first-order chi connectivity index (χ1) is 16.2. The van der Waals surface area contributed by atoms with Crippen molar-refractivity contribution in [1.29, 1.82) is 0 Å². The highest BCUT2D eigenvalue weighted by atomic mass is 19.4. The number of alkyl halides is 3. The highest BCUT2D eigenvalue weighted by Crippen LogP contribution is 2.40. The van der Waals surface area contributed by atoms with Crippen LogP contribution in [0.2, 0.25) is 0 Å². The van der Waals surface area contributed by atoms with E-state index in [0.717, 1.165) is 12.1 Å². The average molecular weight is 471 g/mol. The summed E-state index contributed by atoms with van der Waals surface area (Å²) in [6.07, 6.45) is -1.31. The SMILES string of the molecule is COCc1cc2nc(N)c3cncn3c2cc1C(=O)N(C)C1COc2cc(C(F)(F)F)ccc21. The first kappa shape index (κ1) is 22.0. The first-order valence-electron chi connectivity index (χ1n) is 10.3. The Morgan fingerprint density at radius 2 is 2.09 bits per heavy atom. The number of halogens is 3. The predicted octanol–water partition coefficient (Wildman–Crippen LogP) is 3.84. The normalized spacial score (nSPS) is 15.5. The summed E-state index contributed by atoms with van der Waals surface area (Å²) in [5.74, 6) is 0.0952. The minimum atomic E-state index is -4.48. The predicted molar refractivity (Wildman–Crippen MR) is 117 cm³/mol. The molecule has 1 aliphatic heterocycles. The molecule has 3 heterocycles. The number of ether oxygens (including phenoxy) is 2. The van der Waals surface area contributed by atoms with Gasteiger partial charge in [-0.05, 0) is 29.8 Å². The second kappa shape index (κ2) is 7.87. The van der Waals surface area contributed by atoms with Gasteiger partial charge in [-0.15, -0.1) is 0 Å². The van der Waals surface area contributed by atoms with Crippen molar-refractivity contribution >= 4 is 28.3 Å². The van der Waals surface area contributed by atoms with Crippen molar-refractivity contribution in [3.05, 3.63) is 65.1 Å². The maximum absolute atomic E-state index is 13.6. The molecule has 1 unspecified atom stereocenters. The molecule has 0 radical (unpaired) electrons. The fourth-order valence-electron chi connectivity index (χ4n) is 4.26. The number of aromatic nitrogens is 3. The fourth-order valence-corrected chi connectivity index (χ4v) is 4.26. The number of fused-ring (bicyclic) bond motifs is 4. The maximum Gasteiger partial charge on any atom is 0.416 e. The molecule has 2 N–H and O–H groups in total. The molecule has 2 aromatic carbocycles. The third kappa shape index (κ3) is 3.48. The van der Waals surface area contributed by atoms with Gasteiger partial charge in [0, 0.05) is 25.3 Å². The van der Waals surface area contributed by atoms with Crippen LogP contribution in [-0.4, -0.2) is 45.9 Å². The molecule has 5 rings (SSSR count). The van der Waals surface area contributed by atoms with E-state index in [1.807, 2.05) is 0 Å². The van der Waals surface area contributed by atoms with E-state index in [1.54, 1.807) is 36.1 Å². The zero-order chi connectivity index (χ0) is 24.2. The minimum Gasteiger partial charge on any atom is -0.491 e. The number of anilines is 1. The molecule has 2 aromatic heterocycles. The van der Waals surface area contributed by atoms with Crippen LogP contribution < -0.4 is 10.5 Å². The van der Waals surface area contributed by atoms with Crippen LogP contribution in [0.5, 0.6) is 5.75 Å². The number of nitrogens with two attached hydrogens (primary N) is 1. The van der Waals surface area contributed by atoms with E-state index < -0.39 is 17.8 Å². The van der Waals surface area contributed by atoms with E-state index in [0.29, 0.717) is 39.1 Å². The summed E-state index contributed by atoms with van der Waals surface area (Å²) in [6, 6.07) is 6.21. The molecule has 176 valence electrons. The third-order valence-electron chi connectivity index (χ3n) is 6.02. The van der Waals surface area contributed by atoms with Crippen molar-refractivity contribution in [3.8, 4) is 5.75 Å². The minimum absolute atomic E-state index is 0.0515. The Kier molecular flexibility index (Phi) is 5.08. The van der Waals surface area contributed by atoms with Gasteiger partial charge in [-0.1, -0.05) is 6.07 Å². The molecule has 0 aliphatic carbocycles. The second-order valence-corrected chi connectivity index (χ2v) is 8.07. The van der Waals surface area contributed by atoms with Crippen molar-refractivity contribution in [3.63, 3.8) is 0 Å². The summed E-state index contributed by atoms with van der Waals surface area (Å²) in [4.78, 5) is 23.6. The summed E-state index contributed by atoms with van der Waals surface area (Å²) in [5, 5.41) is 0. The Hall–Kier alpha value is -3.86. The molecule has 8 nitrogen and oxygen atoms in total. The van der Waals surface area contributed by atoms with E-state index in [1.165, 1.54) is 18.1 Å². The lowest BCUT2D eigenvalue weighted by atomic mass is 10.0. The van der Waals surface area contributed by atoms with Crippen molar-refractivity contribution in [2.75, 3.05) is 26.5 Å². The Labute approximate surface area is 191 Å². The van der Waals surface area contributed by atoms with Crippen LogP contribution in [-0.2, 0) is 17.5 Å². The van der Waals surface area contributed by atoms with Crippen LogP contribution in [0.15, 0.2) is 42.9 Å². The number of carbonyl (C=O) groups excluding carboxylic acids is 1. The van der Waals surface area contributed by atoms with Gasteiger partial charge in [0.2, 0.25) is 0 Å². The summed E-state index contributed by atoms with van der Waals surface area (Å²) >= 11 is 0. The van der Waals surface area contributed by atoms with Crippen LogP contribution in [0.1, 0.15) is 33.1 Å². The molecule has 1 atom stereocenters. The van der Waals surface area contributed by atoms with Crippen LogP contribution in [0.3, 0.4) is 0 Å². The molecule has 34 heavy (non-hydrogen) atoms. The Morgan fingerprint density at radius 1 is 1.29 bits per heavy atom. The van der Waals surface area contributed by atoms with E-state index in [-0.39, 0.29) is 24.9 Å². The molecule has 0 saturated carbocycles. The highest BCUT2D eigenvalue weighted by molar-refractivity contribution is 6.00. The number of likely N-dealkylation sites (N-methyl/N-ethyl adjacent to an activating group) is 1. The van der Waals surface area contributed by atoms with Gasteiger partial charge in [0.05, 0.1) is 41.8 Å². The van der Waals surface area contributed by atoms with Gasteiger partial charge in [-0.25, -0.2) is 9.97 Å². The average Bonchev–Trinajstić information content (AvgIpc) is 3.45. The zero-order valence-corrected chi connectivity index (χ0v) is 18.3. The molecule has 1 amide bonds. The van der Waals surface area contributed by atoms with E-state index >= 15 is 0 Å². The smallest absolute Gasteiger partial charge is 0.416 e. The summed E-state index contributed by atoms with van der Waals surface area (Å²) in [7, 11) is 3.11. The molecule has 0 spiro atoms. The van der Waals surface area contributed by atoms with E-state index in [9.17, 15) is 18.0 Å². The quantitative estimate of drug-likeness (QED) is 0.486. The molecule has 0 bridgehead atoms. The number of benzene rings is 2. The first-order valence-corrected chi connectivity index (χ1v) is 10.3. The maximum atomic E-state index is 13.6. The Morgan fingerprint density at radius 3 is 2.82 bits per heavy atom. The van der Waals surface area contributed by atoms with E-state index in [2.05, 4.69) is 9.97 Å². The van der Waals surface area contributed by atoms with Crippen LogP contribution in [0.4, 0.5) is 19.0 Å². The monoisotopic (exact) mass is 471 g/mol. The number of hydrogen-bond donors (Lipinski definition) is 1. The molecular weight excluding hydrogens is 451 g/mol. The topological polar surface area (TPSA) is 95.0 Å². The van der Waals surface area contributed by atoms with Gasteiger partial charge < -0.3 is 20.1 Å². The number of hydrogen-bond acceptors (Lipinski definition) is 6. The summed E-state index contributed by atoms with van der Waals surface area (Å²) < 4.78 is 51.8. The van der Waals surface area contributed by atoms with Crippen molar-refractivity contribution < 1.29 is 27.4 Å². The van der Waals surface area contributed by atoms with Crippen LogP contribution in [0.25, 0.3) is 16.6 Å². The van der Waals surface area contributed by atoms with Crippen molar-refractivity contribution in [1.82, 2.24) is 19.3 Å². The van der Waals surface area contributed by atoms with Gasteiger partial charge in [0.25, 0.3) is 5.91 Å². The summed E-state index contributed by atoms with van der Waals surface area (Å²) in [6.45, 7) is 0.205. The Bertz CT molecular complexity index is 1430. The highest BCUT2D eigenvalue weighted by Gasteiger charge is 2.36. The lowest BCUT2D eigenvalue weighted by Crippen LogP contribution is -2.33. The lowest BCUT2D eigenvalue weighted by Gasteiger charge is -2.25. The number of nitrogen functional groups attached to an aromatic ring is 1. The van der Waals surface area contributed by atoms with Gasteiger partial charge in [-0.3, -0.25) is 9.20 Å². The Balaban J connectivity index is 1.56. The van der Waals surface area contributed by atoms with Gasteiger partial charge >= 0.3 is 6.18 Å². The molecular formula is C23H20F3N5O3. The number of nitrogens with zero attached hydrogens (tertiary/aromatic N) is 4. The molecule has 4 aromatic rings. The number of amides is 1. The van der Waals surface area contributed by atoms with E-state index in [4.69, 9.17) is 15.2 Å². The van der Waals surface area contributed by atoms with Gasteiger partial charge in [0.1, 0.15) is 23.7 Å². The zero-order valence-electron chi connectivity index (χ0n) is 18.3. The van der Waals surface area contributed by atoms with Gasteiger partial charge in [-0.2, -0.15) is 13.2 Å². The second-order valence-electron chi connectivity index (χ2n) is 8.07. The molecule has 11 heteroatoms. The third-order valence-corrected chi connectivity index (χ3v) is 6.02. The number of carbonyl (C=O) groups is 1.